The Hall–Kier alpha value is -2.08. The molecule has 0 saturated carbocycles. The minimum absolute atomic E-state index is 0.0695. The van der Waals surface area contributed by atoms with Gasteiger partial charge in [-0.15, -0.1) is 0 Å². The summed E-state index contributed by atoms with van der Waals surface area (Å²) in [7, 11) is 0. The van der Waals surface area contributed by atoms with Crippen LogP contribution in [-0.2, 0) is 11.3 Å². The molecule has 0 unspecified atom stereocenters. The normalized spacial score (nSPS) is 10.2. The molecule has 1 aromatic carbocycles. The SMILES string of the molecule is Nc1cccn(CC(=O)Nc2ccc(Br)cc2)c1=O. The number of hydrogen-bond donors (Lipinski definition) is 2. The summed E-state index contributed by atoms with van der Waals surface area (Å²) < 4.78 is 2.20. The second-order valence-corrected chi connectivity index (χ2v) is 4.87. The van der Waals surface area contributed by atoms with E-state index in [1.54, 1.807) is 18.2 Å². The molecule has 0 aliphatic heterocycles. The van der Waals surface area contributed by atoms with E-state index in [0.29, 0.717) is 5.69 Å². The Labute approximate surface area is 118 Å². The highest BCUT2D eigenvalue weighted by molar-refractivity contribution is 9.10. The number of nitrogens with zero attached hydrogens (tertiary/aromatic N) is 1. The maximum absolute atomic E-state index is 11.8. The van der Waals surface area contributed by atoms with Crippen LogP contribution in [0.15, 0.2) is 51.9 Å². The van der Waals surface area contributed by atoms with E-state index in [1.807, 2.05) is 12.1 Å². The summed E-state index contributed by atoms with van der Waals surface area (Å²) in [4.78, 5) is 23.5. The van der Waals surface area contributed by atoms with Gasteiger partial charge in [0.15, 0.2) is 0 Å². The predicted molar refractivity (Wildman–Crippen MR) is 77.9 cm³/mol. The molecule has 0 aliphatic carbocycles. The van der Waals surface area contributed by atoms with Gasteiger partial charge in [0.05, 0.1) is 5.69 Å². The number of amides is 1. The number of rotatable bonds is 3. The molecule has 2 aromatic rings. The summed E-state index contributed by atoms with van der Waals surface area (Å²) >= 11 is 3.31. The van der Waals surface area contributed by atoms with Crippen molar-refractivity contribution in [2.45, 2.75) is 6.54 Å². The number of nitrogens with two attached hydrogens (primary N) is 1. The lowest BCUT2D eigenvalue weighted by atomic mass is 10.3. The van der Waals surface area contributed by atoms with Gasteiger partial charge in [0.1, 0.15) is 6.54 Å². The van der Waals surface area contributed by atoms with Gasteiger partial charge in [0, 0.05) is 16.4 Å². The third-order valence-corrected chi connectivity index (χ3v) is 3.02. The van der Waals surface area contributed by atoms with E-state index in [9.17, 15) is 9.59 Å². The largest absolute Gasteiger partial charge is 0.394 e. The highest BCUT2D eigenvalue weighted by Gasteiger charge is 2.06. The van der Waals surface area contributed by atoms with Gasteiger partial charge < -0.3 is 15.6 Å². The molecular weight excluding hydrogens is 310 g/mol. The minimum atomic E-state index is -0.367. The fourth-order valence-electron chi connectivity index (χ4n) is 1.57. The third kappa shape index (κ3) is 3.45. The van der Waals surface area contributed by atoms with Crippen molar-refractivity contribution in [3.63, 3.8) is 0 Å². The second kappa shape index (κ2) is 5.71. The average molecular weight is 322 g/mol. The van der Waals surface area contributed by atoms with E-state index in [-0.39, 0.29) is 23.7 Å². The first-order chi connectivity index (χ1) is 9.06. The van der Waals surface area contributed by atoms with Crippen LogP contribution in [0.3, 0.4) is 0 Å². The summed E-state index contributed by atoms with van der Waals surface area (Å²) in [6.45, 7) is -0.0695. The molecule has 1 aromatic heterocycles. The van der Waals surface area contributed by atoms with Crippen LogP contribution in [-0.4, -0.2) is 10.5 Å². The van der Waals surface area contributed by atoms with E-state index in [0.717, 1.165) is 4.47 Å². The van der Waals surface area contributed by atoms with E-state index in [1.165, 1.54) is 16.8 Å². The monoisotopic (exact) mass is 321 g/mol. The van der Waals surface area contributed by atoms with Crippen LogP contribution < -0.4 is 16.6 Å². The van der Waals surface area contributed by atoms with Crippen LogP contribution in [0.1, 0.15) is 0 Å². The zero-order chi connectivity index (χ0) is 13.8. The standard InChI is InChI=1S/C13H12BrN3O2/c14-9-3-5-10(6-4-9)16-12(18)8-17-7-1-2-11(15)13(17)19/h1-7H,8,15H2,(H,16,18). The summed E-state index contributed by atoms with van der Waals surface area (Å²) in [5.74, 6) is -0.282. The molecule has 3 N–H and O–H groups in total. The fourth-order valence-corrected chi connectivity index (χ4v) is 1.83. The zero-order valence-corrected chi connectivity index (χ0v) is 11.6. The first-order valence-electron chi connectivity index (χ1n) is 5.56. The lowest BCUT2D eigenvalue weighted by Crippen LogP contribution is -2.28. The molecule has 0 radical (unpaired) electrons. The van der Waals surface area contributed by atoms with Gasteiger partial charge in [0.25, 0.3) is 5.56 Å². The molecule has 6 heteroatoms. The Bertz CT molecular complexity index is 650. The first-order valence-corrected chi connectivity index (χ1v) is 6.36. The van der Waals surface area contributed by atoms with Gasteiger partial charge in [-0.3, -0.25) is 9.59 Å². The Morgan fingerprint density at radius 2 is 1.95 bits per heavy atom. The van der Waals surface area contributed by atoms with Crippen LogP contribution in [0, 0.1) is 0 Å². The van der Waals surface area contributed by atoms with Gasteiger partial charge in [-0.1, -0.05) is 15.9 Å². The Balaban J connectivity index is 2.07. The molecule has 2 rings (SSSR count). The number of carbonyl (C=O) groups is 1. The van der Waals surface area contributed by atoms with E-state index in [2.05, 4.69) is 21.2 Å². The van der Waals surface area contributed by atoms with Crippen LogP contribution in [0.25, 0.3) is 0 Å². The van der Waals surface area contributed by atoms with Crippen molar-refractivity contribution in [2.75, 3.05) is 11.1 Å². The van der Waals surface area contributed by atoms with Crippen molar-refractivity contribution in [3.8, 4) is 0 Å². The highest BCUT2D eigenvalue weighted by atomic mass is 79.9. The summed E-state index contributed by atoms with van der Waals surface area (Å²) in [6.07, 6.45) is 1.53. The Kier molecular flexibility index (Phi) is 4.01. The molecule has 0 aliphatic rings. The summed E-state index contributed by atoms with van der Waals surface area (Å²) in [6, 6.07) is 10.3. The minimum Gasteiger partial charge on any atom is -0.394 e. The van der Waals surface area contributed by atoms with Crippen molar-refractivity contribution < 1.29 is 4.79 Å². The van der Waals surface area contributed by atoms with Crippen molar-refractivity contribution in [1.82, 2.24) is 4.57 Å². The quantitative estimate of drug-likeness (QED) is 0.905. The van der Waals surface area contributed by atoms with E-state index >= 15 is 0 Å². The molecule has 0 spiro atoms. The van der Waals surface area contributed by atoms with Crippen molar-refractivity contribution in [1.29, 1.82) is 0 Å². The fraction of sp³-hybridized carbons (Fsp3) is 0.0769. The average Bonchev–Trinajstić information content (AvgIpc) is 2.38. The van der Waals surface area contributed by atoms with Crippen LogP contribution >= 0.6 is 15.9 Å². The highest BCUT2D eigenvalue weighted by Crippen LogP contribution is 2.13. The number of carbonyl (C=O) groups excluding carboxylic acids is 1. The molecule has 1 amide bonds. The van der Waals surface area contributed by atoms with Crippen LogP contribution in [0.5, 0.6) is 0 Å². The number of nitrogens with one attached hydrogen (secondary N) is 1. The Morgan fingerprint density at radius 1 is 1.26 bits per heavy atom. The number of aromatic nitrogens is 1. The van der Waals surface area contributed by atoms with Crippen LogP contribution in [0.2, 0.25) is 0 Å². The number of benzene rings is 1. The zero-order valence-electron chi connectivity index (χ0n) is 9.97. The smallest absolute Gasteiger partial charge is 0.274 e. The molecule has 19 heavy (non-hydrogen) atoms. The van der Waals surface area contributed by atoms with Gasteiger partial charge in [-0.25, -0.2) is 0 Å². The maximum atomic E-state index is 11.8. The van der Waals surface area contributed by atoms with Gasteiger partial charge in [-0.2, -0.15) is 0 Å². The molecule has 1 heterocycles. The molecule has 5 nitrogen and oxygen atoms in total. The van der Waals surface area contributed by atoms with Crippen molar-refractivity contribution in [3.05, 3.63) is 57.4 Å². The second-order valence-electron chi connectivity index (χ2n) is 3.95. The molecule has 0 saturated heterocycles. The lowest BCUT2D eigenvalue weighted by molar-refractivity contribution is -0.116. The predicted octanol–water partition coefficient (Wildman–Crippen LogP) is 1.83. The molecule has 0 bridgehead atoms. The molecule has 98 valence electrons. The van der Waals surface area contributed by atoms with Crippen LogP contribution in [0.4, 0.5) is 11.4 Å². The van der Waals surface area contributed by atoms with E-state index in [4.69, 9.17) is 5.73 Å². The van der Waals surface area contributed by atoms with Crippen molar-refractivity contribution >= 4 is 33.2 Å². The van der Waals surface area contributed by atoms with Gasteiger partial charge in [0.2, 0.25) is 5.91 Å². The molecule has 0 fully saturated rings. The number of halogens is 1. The number of nitrogen functional groups attached to an aromatic ring is 1. The number of anilines is 2. The topological polar surface area (TPSA) is 77.1 Å². The van der Waals surface area contributed by atoms with Crippen molar-refractivity contribution in [2.24, 2.45) is 0 Å². The maximum Gasteiger partial charge on any atom is 0.274 e. The van der Waals surface area contributed by atoms with Gasteiger partial charge in [-0.05, 0) is 36.4 Å². The first kappa shape index (κ1) is 13.4. The third-order valence-electron chi connectivity index (χ3n) is 2.49. The molecule has 0 atom stereocenters. The summed E-state index contributed by atoms with van der Waals surface area (Å²) in [5, 5.41) is 2.70. The van der Waals surface area contributed by atoms with E-state index < -0.39 is 0 Å². The lowest BCUT2D eigenvalue weighted by Gasteiger charge is -2.07. The number of hydrogen-bond acceptors (Lipinski definition) is 3. The number of pyridine rings is 1. The molecular formula is C13H12BrN3O2. The van der Waals surface area contributed by atoms with Gasteiger partial charge >= 0.3 is 0 Å². The Morgan fingerprint density at radius 3 is 2.63 bits per heavy atom. The summed E-state index contributed by atoms with van der Waals surface area (Å²) in [5.41, 5.74) is 5.92.